The highest BCUT2D eigenvalue weighted by molar-refractivity contribution is 5.49. The molecule has 0 radical (unpaired) electrons. The predicted molar refractivity (Wildman–Crippen MR) is 77.3 cm³/mol. The standard InChI is InChI=1S/C16H22N2O/c1-16(2)12-18(11-9-13(16)8-10-17)14-4-6-15(19-3)7-5-14/h4-7,13H,8-9,11-12H2,1-3H3. The van der Waals surface area contributed by atoms with E-state index in [-0.39, 0.29) is 5.41 Å². The predicted octanol–water partition coefficient (Wildman–Crippen LogP) is 3.46. The second-order valence-electron chi connectivity index (χ2n) is 5.96. The Labute approximate surface area is 115 Å². The molecule has 1 heterocycles. The first kappa shape index (κ1) is 13.7. The molecule has 0 amide bonds. The van der Waals surface area contributed by atoms with Crippen molar-refractivity contribution in [3.05, 3.63) is 24.3 Å². The van der Waals surface area contributed by atoms with Gasteiger partial charge in [0, 0.05) is 25.2 Å². The molecule has 1 fully saturated rings. The third kappa shape index (κ3) is 3.01. The molecule has 0 aromatic heterocycles. The van der Waals surface area contributed by atoms with Crippen LogP contribution in [-0.4, -0.2) is 20.2 Å². The quantitative estimate of drug-likeness (QED) is 0.833. The van der Waals surface area contributed by atoms with Gasteiger partial charge >= 0.3 is 0 Å². The van der Waals surface area contributed by atoms with Gasteiger partial charge in [-0.15, -0.1) is 0 Å². The molecule has 0 N–H and O–H groups in total. The number of benzene rings is 1. The maximum absolute atomic E-state index is 8.91. The lowest BCUT2D eigenvalue weighted by Gasteiger charge is -2.44. The van der Waals surface area contributed by atoms with E-state index in [0.29, 0.717) is 12.3 Å². The van der Waals surface area contributed by atoms with Crippen LogP contribution in [0.5, 0.6) is 5.75 Å². The van der Waals surface area contributed by atoms with Crippen molar-refractivity contribution in [1.82, 2.24) is 0 Å². The monoisotopic (exact) mass is 258 g/mol. The summed E-state index contributed by atoms with van der Waals surface area (Å²) in [6.07, 6.45) is 1.76. The molecule has 0 bridgehead atoms. The number of methoxy groups -OCH3 is 1. The Hall–Kier alpha value is -1.69. The lowest BCUT2D eigenvalue weighted by Crippen LogP contribution is -2.45. The smallest absolute Gasteiger partial charge is 0.119 e. The zero-order chi connectivity index (χ0) is 13.9. The molecule has 3 heteroatoms. The highest BCUT2D eigenvalue weighted by Gasteiger charge is 2.35. The van der Waals surface area contributed by atoms with Gasteiger partial charge in [0.25, 0.3) is 0 Å². The minimum atomic E-state index is 0.188. The number of ether oxygens (including phenoxy) is 1. The summed E-state index contributed by atoms with van der Waals surface area (Å²) in [5, 5.41) is 8.91. The van der Waals surface area contributed by atoms with E-state index in [0.717, 1.165) is 25.3 Å². The Kier molecular flexibility index (Phi) is 3.99. The van der Waals surface area contributed by atoms with Gasteiger partial charge in [-0.2, -0.15) is 5.26 Å². The molecular weight excluding hydrogens is 236 g/mol. The molecular formula is C16H22N2O. The fourth-order valence-corrected chi connectivity index (χ4v) is 2.90. The molecule has 0 saturated carbocycles. The topological polar surface area (TPSA) is 36.3 Å². The maximum Gasteiger partial charge on any atom is 0.119 e. The second kappa shape index (κ2) is 5.52. The summed E-state index contributed by atoms with van der Waals surface area (Å²) in [6, 6.07) is 10.6. The van der Waals surface area contributed by atoms with E-state index in [1.54, 1.807) is 7.11 Å². The van der Waals surface area contributed by atoms with Crippen molar-refractivity contribution in [2.45, 2.75) is 26.7 Å². The number of nitrogens with zero attached hydrogens (tertiary/aromatic N) is 2. The van der Waals surface area contributed by atoms with Crippen LogP contribution in [0.1, 0.15) is 26.7 Å². The van der Waals surface area contributed by atoms with Gasteiger partial charge in [0.05, 0.1) is 13.2 Å². The second-order valence-corrected chi connectivity index (χ2v) is 5.96. The minimum absolute atomic E-state index is 0.188. The molecule has 1 saturated heterocycles. The van der Waals surface area contributed by atoms with Crippen molar-refractivity contribution in [2.24, 2.45) is 11.3 Å². The molecule has 1 atom stereocenters. The highest BCUT2D eigenvalue weighted by atomic mass is 16.5. The third-order valence-corrected chi connectivity index (χ3v) is 4.23. The van der Waals surface area contributed by atoms with Crippen LogP contribution >= 0.6 is 0 Å². The summed E-state index contributed by atoms with van der Waals surface area (Å²) in [5.74, 6) is 1.40. The molecule has 1 aromatic carbocycles. The molecule has 3 nitrogen and oxygen atoms in total. The maximum atomic E-state index is 8.91. The molecule has 1 aliphatic rings. The van der Waals surface area contributed by atoms with Gasteiger partial charge in [0.15, 0.2) is 0 Å². The summed E-state index contributed by atoms with van der Waals surface area (Å²) < 4.78 is 5.19. The number of hydrogen-bond donors (Lipinski definition) is 0. The summed E-state index contributed by atoms with van der Waals surface area (Å²) in [4.78, 5) is 2.41. The van der Waals surface area contributed by atoms with E-state index in [4.69, 9.17) is 10.00 Å². The van der Waals surface area contributed by atoms with Crippen LogP contribution in [0.25, 0.3) is 0 Å². The first-order valence-corrected chi connectivity index (χ1v) is 6.83. The molecule has 1 aliphatic heterocycles. The summed E-state index contributed by atoms with van der Waals surface area (Å²) >= 11 is 0. The van der Waals surface area contributed by atoms with Crippen molar-refractivity contribution >= 4 is 5.69 Å². The van der Waals surface area contributed by atoms with Crippen molar-refractivity contribution in [2.75, 3.05) is 25.1 Å². The van der Waals surface area contributed by atoms with Gasteiger partial charge in [-0.25, -0.2) is 0 Å². The van der Waals surface area contributed by atoms with Gasteiger partial charge in [-0.3, -0.25) is 0 Å². The lowest BCUT2D eigenvalue weighted by atomic mass is 9.72. The van der Waals surface area contributed by atoms with E-state index >= 15 is 0 Å². The van der Waals surface area contributed by atoms with Crippen LogP contribution in [0.2, 0.25) is 0 Å². The first-order chi connectivity index (χ1) is 9.06. The molecule has 102 valence electrons. The van der Waals surface area contributed by atoms with Crippen molar-refractivity contribution in [3.8, 4) is 11.8 Å². The fourth-order valence-electron chi connectivity index (χ4n) is 2.90. The van der Waals surface area contributed by atoms with Crippen molar-refractivity contribution in [1.29, 1.82) is 5.26 Å². The Bertz CT molecular complexity index is 459. The van der Waals surface area contributed by atoms with Crippen LogP contribution in [0.15, 0.2) is 24.3 Å². The summed E-state index contributed by atoms with van der Waals surface area (Å²) in [5.41, 5.74) is 1.43. The number of anilines is 1. The molecule has 1 aromatic rings. The van der Waals surface area contributed by atoms with Gasteiger partial charge in [-0.1, -0.05) is 13.8 Å². The van der Waals surface area contributed by atoms with Crippen LogP contribution in [-0.2, 0) is 0 Å². The molecule has 1 unspecified atom stereocenters. The van der Waals surface area contributed by atoms with E-state index in [1.807, 2.05) is 12.1 Å². The summed E-state index contributed by atoms with van der Waals surface area (Å²) in [6.45, 7) is 6.57. The third-order valence-electron chi connectivity index (χ3n) is 4.23. The number of rotatable bonds is 3. The Morgan fingerprint density at radius 2 is 2.05 bits per heavy atom. The number of piperidine rings is 1. The number of nitriles is 1. The Morgan fingerprint density at radius 1 is 1.37 bits per heavy atom. The summed E-state index contributed by atoms with van der Waals surface area (Å²) in [7, 11) is 1.69. The first-order valence-electron chi connectivity index (χ1n) is 6.83. The lowest BCUT2D eigenvalue weighted by molar-refractivity contribution is 0.179. The zero-order valence-electron chi connectivity index (χ0n) is 12.0. The number of hydrogen-bond acceptors (Lipinski definition) is 3. The van der Waals surface area contributed by atoms with Gasteiger partial charge in [0.1, 0.15) is 5.75 Å². The molecule has 19 heavy (non-hydrogen) atoms. The fraction of sp³-hybridized carbons (Fsp3) is 0.562. The molecule has 2 rings (SSSR count). The van der Waals surface area contributed by atoms with E-state index in [2.05, 4.69) is 36.9 Å². The van der Waals surface area contributed by atoms with Gasteiger partial charge in [-0.05, 0) is 42.0 Å². The van der Waals surface area contributed by atoms with E-state index in [9.17, 15) is 0 Å². The van der Waals surface area contributed by atoms with Crippen LogP contribution < -0.4 is 9.64 Å². The van der Waals surface area contributed by atoms with Crippen LogP contribution in [0, 0.1) is 22.7 Å². The normalized spacial score (nSPS) is 21.8. The van der Waals surface area contributed by atoms with Gasteiger partial charge in [0.2, 0.25) is 0 Å². The minimum Gasteiger partial charge on any atom is -0.497 e. The van der Waals surface area contributed by atoms with Crippen molar-refractivity contribution in [3.63, 3.8) is 0 Å². The highest BCUT2D eigenvalue weighted by Crippen LogP contribution is 2.38. The van der Waals surface area contributed by atoms with Crippen molar-refractivity contribution < 1.29 is 4.74 Å². The molecule has 0 spiro atoms. The average Bonchev–Trinajstić information content (AvgIpc) is 2.41. The zero-order valence-corrected chi connectivity index (χ0v) is 12.0. The van der Waals surface area contributed by atoms with Gasteiger partial charge < -0.3 is 9.64 Å². The SMILES string of the molecule is COc1ccc(N2CCC(CC#N)C(C)(C)C2)cc1. The van der Waals surface area contributed by atoms with Crippen LogP contribution in [0.4, 0.5) is 5.69 Å². The van der Waals surface area contributed by atoms with E-state index in [1.165, 1.54) is 5.69 Å². The van der Waals surface area contributed by atoms with Crippen LogP contribution in [0.3, 0.4) is 0 Å². The van der Waals surface area contributed by atoms with E-state index < -0.39 is 0 Å². The molecule has 0 aliphatic carbocycles. The Balaban J connectivity index is 2.09. The Morgan fingerprint density at radius 3 is 2.58 bits per heavy atom. The average molecular weight is 258 g/mol. The largest absolute Gasteiger partial charge is 0.497 e.